The highest BCUT2D eigenvalue weighted by Gasteiger charge is 2.28. The Kier molecular flexibility index (Phi) is 5.52. The Morgan fingerprint density at radius 2 is 2.18 bits per heavy atom. The molecule has 22 heavy (non-hydrogen) atoms. The molecule has 0 saturated carbocycles. The second kappa shape index (κ2) is 7.19. The summed E-state index contributed by atoms with van der Waals surface area (Å²) >= 11 is 1.92. The number of carbonyl (C=O) groups is 1. The van der Waals surface area contributed by atoms with E-state index < -0.39 is 0 Å². The van der Waals surface area contributed by atoms with E-state index in [9.17, 15) is 4.79 Å². The van der Waals surface area contributed by atoms with Crippen molar-refractivity contribution in [2.75, 3.05) is 12.3 Å². The van der Waals surface area contributed by atoms with Crippen LogP contribution in [0.1, 0.15) is 56.0 Å². The minimum atomic E-state index is 0.0660. The zero-order valence-corrected chi connectivity index (χ0v) is 14.4. The lowest BCUT2D eigenvalue weighted by Gasteiger charge is -2.37. The molecule has 1 atom stereocenters. The topological polar surface area (TPSA) is 44.1 Å². The summed E-state index contributed by atoms with van der Waals surface area (Å²) in [6.07, 6.45) is 3.34. The summed E-state index contributed by atoms with van der Waals surface area (Å²) in [6.45, 7) is 7.46. The molecule has 1 fully saturated rings. The molecule has 4 heteroatoms. The third-order valence-electron chi connectivity index (χ3n) is 3.84. The highest BCUT2D eigenvalue weighted by Crippen LogP contribution is 2.29. The van der Waals surface area contributed by atoms with Gasteiger partial charge in [-0.3, -0.25) is 4.79 Å². The van der Waals surface area contributed by atoms with Gasteiger partial charge in [0.15, 0.2) is 0 Å². The van der Waals surface area contributed by atoms with E-state index in [1.165, 1.54) is 6.42 Å². The van der Waals surface area contributed by atoms with Gasteiger partial charge in [-0.2, -0.15) is 17.0 Å². The number of hydrogen-bond acceptors (Lipinski definition) is 3. The van der Waals surface area contributed by atoms with E-state index in [0.717, 1.165) is 25.1 Å². The molecule has 0 bridgehead atoms. The van der Waals surface area contributed by atoms with Crippen LogP contribution < -0.4 is 0 Å². The first-order valence-corrected chi connectivity index (χ1v) is 8.84. The predicted molar refractivity (Wildman–Crippen MR) is 92.0 cm³/mol. The third-order valence-corrected chi connectivity index (χ3v) is 5.25. The zero-order chi connectivity index (χ0) is 16.2. The fourth-order valence-electron chi connectivity index (χ4n) is 2.67. The van der Waals surface area contributed by atoms with Gasteiger partial charge in [-0.1, -0.05) is 26.8 Å². The Morgan fingerprint density at radius 3 is 2.86 bits per heavy atom. The van der Waals surface area contributed by atoms with E-state index in [2.05, 4.69) is 26.8 Å². The van der Waals surface area contributed by atoms with Crippen molar-refractivity contribution in [2.24, 2.45) is 0 Å². The standard InChI is InChI=1S/C18H24N2OS/c1-18(2,3)22-13-16-9-4-5-10-20(16)17(21)15-8-6-7-14(11-15)12-19/h6-8,11,16H,4-5,9-10,13H2,1-3H3. The van der Waals surface area contributed by atoms with Crippen molar-refractivity contribution in [2.45, 2.75) is 50.8 Å². The number of thioether (sulfide) groups is 1. The largest absolute Gasteiger partial charge is 0.335 e. The smallest absolute Gasteiger partial charge is 0.254 e. The molecule has 2 rings (SSSR count). The van der Waals surface area contributed by atoms with Crippen LogP contribution in [0.25, 0.3) is 0 Å². The van der Waals surface area contributed by atoms with Crippen LogP contribution in [0.3, 0.4) is 0 Å². The average Bonchev–Trinajstić information content (AvgIpc) is 2.52. The van der Waals surface area contributed by atoms with E-state index in [-0.39, 0.29) is 10.7 Å². The van der Waals surface area contributed by atoms with Crippen molar-refractivity contribution < 1.29 is 4.79 Å². The molecule has 0 N–H and O–H groups in total. The van der Waals surface area contributed by atoms with E-state index >= 15 is 0 Å². The molecule has 1 heterocycles. The van der Waals surface area contributed by atoms with Crippen LogP contribution in [0.4, 0.5) is 0 Å². The van der Waals surface area contributed by atoms with Crippen LogP contribution in [0.2, 0.25) is 0 Å². The van der Waals surface area contributed by atoms with Gasteiger partial charge in [0.25, 0.3) is 5.91 Å². The molecule has 3 nitrogen and oxygen atoms in total. The lowest BCUT2D eigenvalue weighted by atomic mass is 10.0. The molecule has 1 aliphatic rings. The predicted octanol–water partition coefficient (Wildman–Crippen LogP) is 4.08. The van der Waals surface area contributed by atoms with E-state index in [0.29, 0.717) is 17.2 Å². The number of nitrogens with zero attached hydrogens (tertiary/aromatic N) is 2. The van der Waals surface area contributed by atoms with Crippen LogP contribution in [-0.2, 0) is 0 Å². The average molecular weight is 316 g/mol. The number of hydrogen-bond donors (Lipinski definition) is 0. The minimum Gasteiger partial charge on any atom is -0.335 e. The lowest BCUT2D eigenvalue weighted by Crippen LogP contribution is -2.45. The highest BCUT2D eigenvalue weighted by atomic mass is 32.2. The lowest BCUT2D eigenvalue weighted by molar-refractivity contribution is 0.0640. The summed E-state index contributed by atoms with van der Waals surface area (Å²) in [5.41, 5.74) is 1.18. The Labute approximate surface area is 137 Å². The molecule has 118 valence electrons. The van der Waals surface area contributed by atoms with Gasteiger partial charge in [0.05, 0.1) is 11.6 Å². The van der Waals surface area contributed by atoms with Crippen molar-refractivity contribution in [3.63, 3.8) is 0 Å². The van der Waals surface area contributed by atoms with Crippen molar-refractivity contribution in [1.29, 1.82) is 5.26 Å². The van der Waals surface area contributed by atoms with Gasteiger partial charge in [-0.05, 0) is 37.5 Å². The molecule has 1 saturated heterocycles. The summed E-state index contributed by atoms with van der Waals surface area (Å²) in [7, 11) is 0. The number of likely N-dealkylation sites (tertiary alicyclic amines) is 1. The monoisotopic (exact) mass is 316 g/mol. The Bertz CT molecular complexity index is 571. The fraction of sp³-hybridized carbons (Fsp3) is 0.556. The van der Waals surface area contributed by atoms with Crippen LogP contribution in [0, 0.1) is 11.3 Å². The summed E-state index contributed by atoms with van der Waals surface area (Å²) < 4.78 is 0.215. The third kappa shape index (κ3) is 4.51. The molecule has 1 aromatic rings. The number of amides is 1. The van der Waals surface area contributed by atoms with Crippen molar-refractivity contribution in [1.82, 2.24) is 4.90 Å². The van der Waals surface area contributed by atoms with Crippen LogP contribution in [0.5, 0.6) is 0 Å². The normalized spacial score (nSPS) is 18.8. The van der Waals surface area contributed by atoms with Crippen LogP contribution in [-0.4, -0.2) is 33.9 Å². The van der Waals surface area contributed by atoms with Gasteiger partial charge in [-0.25, -0.2) is 0 Å². The van der Waals surface area contributed by atoms with Gasteiger partial charge in [-0.15, -0.1) is 0 Å². The Balaban J connectivity index is 2.12. The SMILES string of the molecule is CC(C)(C)SCC1CCCCN1C(=O)c1cccc(C#N)c1. The summed E-state index contributed by atoms with van der Waals surface area (Å²) in [6, 6.07) is 9.44. The van der Waals surface area contributed by atoms with Gasteiger partial charge >= 0.3 is 0 Å². The molecule has 0 radical (unpaired) electrons. The molecule has 1 aromatic carbocycles. The van der Waals surface area contributed by atoms with Crippen molar-refractivity contribution >= 4 is 17.7 Å². The van der Waals surface area contributed by atoms with Gasteiger partial charge in [0, 0.05) is 28.6 Å². The van der Waals surface area contributed by atoms with E-state index in [1.807, 2.05) is 22.7 Å². The minimum absolute atomic E-state index is 0.0660. The second-order valence-electron chi connectivity index (χ2n) is 6.76. The quantitative estimate of drug-likeness (QED) is 0.844. The fourth-order valence-corrected chi connectivity index (χ4v) is 3.71. The van der Waals surface area contributed by atoms with Crippen LogP contribution >= 0.6 is 11.8 Å². The number of nitriles is 1. The highest BCUT2D eigenvalue weighted by molar-refractivity contribution is 8.00. The maximum Gasteiger partial charge on any atom is 0.254 e. The molecule has 1 unspecified atom stereocenters. The molecular formula is C18H24N2OS. The number of rotatable bonds is 3. The molecule has 1 aliphatic heterocycles. The molecule has 0 aromatic heterocycles. The number of piperidine rings is 1. The van der Waals surface area contributed by atoms with Gasteiger partial charge in [0.2, 0.25) is 0 Å². The maximum atomic E-state index is 12.8. The van der Waals surface area contributed by atoms with Crippen molar-refractivity contribution in [3.05, 3.63) is 35.4 Å². The molecule has 0 aliphatic carbocycles. The Morgan fingerprint density at radius 1 is 1.41 bits per heavy atom. The van der Waals surface area contributed by atoms with E-state index in [1.54, 1.807) is 18.2 Å². The number of carbonyl (C=O) groups excluding carboxylic acids is 1. The summed E-state index contributed by atoms with van der Waals surface area (Å²) in [5, 5.41) is 9.00. The summed E-state index contributed by atoms with van der Waals surface area (Å²) in [5.74, 6) is 1.05. The maximum absolute atomic E-state index is 12.8. The first-order valence-electron chi connectivity index (χ1n) is 7.86. The summed E-state index contributed by atoms with van der Waals surface area (Å²) in [4.78, 5) is 14.8. The van der Waals surface area contributed by atoms with Crippen molar-refractivity contribution in [3.8, 4) is 6.07 Å². The van der Waals surface area contributed by atoms with Gasteiger partial charge in [0.1, 0.15) is 0 Å². The Hall–Kier alpha value is -1.47. The van der Waals surface area contributed by atoms with Crippen LogP contribution in [0.15, 0.2) is 24.3 Å². The van der Waals surface area contributed by atoms with Gasteiger partial charge < -0.3 is 4.90 Å². The van der Waals surface area contributed by atoms with E-state index in [4.69, 9.17) is 5.26 Å². The molecule has 1 amide bonds. The molecular weight excluding hydrogens is 292 g/mol. The first kappa shape index (κ1) is 16.9. The number of benzene rings is 1. The molecule has 0 spiro atoms. The second-order valence-corrected chi connectivity index (χ2v) is 8.61. The zero-order valence-electron chi connectivity index (χ0n) is 13.6. The first-order chi connectivity index (χ1) is 10.4.